The molecule has 1 aliphatic rings. The Morgan fingerprint density at radius 3 is 2.61 bits per heavy atom. The largest absolute Gasteiger partial charge is 0.441 e. The Morgan fingerprint density at radius 1 is 1.04 bits per heavy atom. The summed E-state index contributed by atoms with van der Waals surface area (Å²) in [4.78, 5) is 18.3. The molecule has 0 saturated carbocycles. The number of nitrogens with one attached hydrogen (secondary N) is 2. The van der Waals surface area contributed by atoms with Gasteiger partial charge in [0.05, 0.1) is 13.2 Å². The molecule has 2 N–H and O–H groups in total. The van der Waals surface area contributed by atoms with Crippen LogP contribution in [0.1, 0.15) is 23.4 Å². The fraction of sp³-hybridized carbons (Fsp3) is 0.364. The van der Waals surface area contributed by atoms with Crippen molar-refractivity contribution in [3.05, 3.63) is 65.5 Å². The number of hydrogen-bond donors (Lipinski definition) is 2. The van der Waals surface area contributed by atoms with E-state index in [2.05, 4.69) is 28.5 Å². The van der Waals surface area contributed by atoms with Crippen molar-refractivity contribution < 1.29 is 18.8 Å². The van der Waals surface area contributed by atoms with E-state index in [1.807, 2.05) is 30.3 Å². The number of amides is 1. The van der Waals surface area contributed by atoms with Crippen LogP contribution in [0.15, 0.2) is 52.9 Å². The summed E-state index contributed by atoms with van der Waals surface area (Å²) >= 11 is 0. The summed E-state index contributed by atoms with van der Waals surface area (Å²) in [7, 11) is 0. The number of carbonyl (C=O) groups excluding carboxylic acids is 1. The molecule has 4 rings (SSSR count). The first-order chi connectivity index (χ1) is 13.8. The summed E-state index contributed by atoms with van der Waals surface area (Å²) in [6.45, 7) is 5.23. The minimum absolute atomic E-state index is 0.00998. The highest BCUT2D eigenvalue weighted by Crippen LogP contribution is 2.15. The zero-order valence-corrected chi connectivity index (χ0v) is 15.9. The van der Waals surface area contributed by atoms with Gasteiger partial charge in [0.15, 0.2) is 11.5 Å². The first-order valence-corrected chi connectivity index (χ1v) is 9.87. The molecule has 3 aromatic rings. The molecule has 0 bridgehead atoms. The molecule has 0 spiro atoms. The van der Waals surface area contributed by atoms with E-state index in [1.165, 1.54) is 16.0 Å². The van der Waals surface area contributed by atoms with Gasteiger partial charge in [-0.1, -0.05) is 36.4 Å². The van der Waals surface area contributed by atoms with Gasteiger partial charge in [0, 0.05) is 24.9 Å². The number of morpholine rings is 1. The number of hydrogen-bond acceptors (Lipinski definition) is 4. The van der Waals surface area contributed by atoms with E-state index in [0.29, 0.717) is 25.3 Å². The number of fused-ring (bicyclic) bond motifs is 1. The second kappa shape index (κ2) is 8.99. The zero-order chi connectivity index (χ0) is 19.2. The summed E-state index contributed by atoms with van der Waals surface area (Å²) in [5.74, 6) is 0.614. The topological polar surface area (TPSA) is 68.8 Å². The van der Waals surface area contributed by atoms with E-state index < -0.39 is 0 Å². The lowest BCUT2D eigenvalue weighted by molar-refractivity contribution is -0.921. The van der Waals surface area contributed by atoms with Crippen LogP contribution in [0.2, 0.25) is 0 Å². The summed E-state index contributed by atoms with van der Waals surface area (Å²) < 4.78 is 11.1. The highest BCUT2D eigenvalue weighted by Gasteiger charge is 2.16. The summed E-state index contributed by atoms with van der Waals surface area (Å²) in [6.07, 6.45) is 0.865. The number of ether oxygens (including phenoxy) is 1. The highest BCUT2D eigenvalue weighted by molar-refractivity contribution is 5.76. The van der Waals surface area contributed by atoms with E-state index in [9.17, 15) is 4.79 Å². The zero-order valence-electron chi connectivity index (χ0n) is 15.9. The van der Waals surface area contributed by atoms with Crippen LogP contribution < -0.4 is 10.2 Å². The third-order valence-corrected chi connectivity index (χ3v) is 5.14. The third-order valence-electron chi connectivity index (χ3n) is 5.14. The number of rotatable bonds is 7. The molecule has 1 amide bonds. The Morgan fingerprint density at radius 2 is 1.79 bits per heavy atom. The molecule has 1 saturated heterocycles. The molecule has 6 heteroatoms. The lowest BCUT2D eigenvalue weighted by Gasteiger charge is -2.24. The van der Waals surface area contributed by atoms with Gasteiger partial charge >= 0.3 is 0 Å². The van der Waals surface area contributed by atoms with Crippen molar-refractivity contribution in [2.45, 2.75) is 25.9 Å². The maximum absolute atomic E-state index is 12.3. The van der Waals surface area contributed by atoms with E-state index in [-0.39, 0.29) is 5.91 Å². The molecular formula is C22H26N3O3+. The number of nitrogens with zero attached hydrogens (tertiary/aromatic N) is 1. The summed E-state index contributed by atoms with van der Waals surface area (Å²) in [6, 6.07) is 16.0. The van der Waals surface area contributed by atoms with Crippen molar-refractivity contribution in [2.24, 2.45) is 0 Å². The number of aromatic nitrogens is 1. The number of para-hydroxylation sites is 2. The fourth-order valence-corrected chi connectivity index (χ4v) is 3.54. The standard InChI is InChI=1S/C22H25N3O3/c26-21(9-10-22-24-19-7-3-4-8-20(19)28-22)23-15-17-5-1-2-6-18(17)16-25-11-13-27-14-12-25/h1-8H,9-16H2,(H,23,26)/p+1. The third kappa shape index (κ3) is 4.77. The van der Waals surface area contributed by atoms with Gasteiger partial charge in [-0.2, -0.15) is 0 Å². The van der Waals surface area contributed by atoms with Crippen molar-refractivity contribution >= 4 is 17.0 Å². The Balaban J connectivity index is 1.29. The molecular weight excluding hydrogens is 354 g/mol. The Bertz CT molecular complexity index is 898. The first-order valence-electron chi connectivity index (χ1n) is 9.87. The quantitative estimate of drug-likeness (QED) is 0.652. The second-order valence-electron chi connectivity index (χ2n) is 7.16. The number of oxazole rings is 1. The SMILES string of the molecule is O=C(CCc1nc2ccccc2o1)NCc1ccccc1C[NH+]1CCOCC1. The van der Waals surface area contributed by atoms with Crippen molar-refractivity contribution in [1.29, 1.82) is 0 Å². The molecule has 6 nitrogen and oxygen atoms in total. The van der Waals surface area contributed by atoms with Gasteiger partial charge in [-0.05, 0) is 17.7 Å². The van der Waals surface area contributed by atoms with E-state index in [1.54, 1.807) is 0 Å². The monoisotopic (exact) mass is 380 g/mol. The molecule has 0 atom stereocenters. The first kappa shape index (κ1) is 18.7. The van der Waals surface area contributed by atoms with Gasteiger partial charge < -0.3 is 19.4 Å². The van der Waals surface area contributed by atoms with Gasteiger partial charge in [-0.15, -0.1) is 0 Å². The van der Waals surface area contributed by atoms with Crippen LogP contribution >= 0.6 is 0 Å². The molecule has 0 unspecified atom stereocenters. The van der Waals surface area contributed by atoms with Crippen molar-refractivity contribution in [3.63, 3.8) is 0 Å². The predicted octanol–water partition coefficient (Wildman–Crippen LogP) is 1.49. The maximum Gasteiger partial charge on any atom is 0.220 e. The molecule has 28 heavy (non-hydrogen) atoms. The molecule has 146 valence electrons. The Kier molecular flexibility index (Phi) is 5.99. The minimum Gasteiger partial charge on any atom is -0.441 e. The molecule has 0 aliphatic carbocycles. The molecule has 1 aromatic heterocycles. The lowest BCUT2D eigenvalue weighted by Crippen LogP contribution is -3.12. The van der Waals surface area contributed by atoms with Crippen molar-refractivity contribution in [1.82, 2.24) is 10.3 Å². The predicted molar refractivity (Wildman–Crippen MR) is 106 cm³/mol. The van der Waals surface area contributed by atoms with E-state index in [0.717, 1.165) is 43.9 Å². The second-order valence-corrected chi connectivity index (χ2v) is 7.16. The average Bonchev–Trinajstić information content (AvgIpc) is 3.15. The molecule has 1 aliphatic heterocycles. The molecule has 2 heterocycles. The smallest absolute Gasteiger partial charge is 0.220 e. The molecule has 0 radical (unpaired) electrons. The molecule has 2 aromatic carbocycles. The van der Waals surface area contributed by atoms with Crippen molar-refractivity contribution in [2.75, 3.05) is 26.3 Å². The fourth-order valence-electron chi connectivity index (χ4n) is 3.54. The van der Waals surface area contributed by atoms with Crippen LogP contribution in [-0.2, 0) is 29.0 Å². The van der Waals surface area contributed by atoms with E-state index in [4.69, 9.17) is 9.15 Å². The van der Waals surface area contributed by atoms with Gasteiger partial charge in [0.2, 0.25) is 5.91 Å². The minimum atomic E-state index is 0.00998. The van der Waals surface area contributed by atoms with Crippen LogP contribution in [-0.4, -0.2) is 37.2 Å². The van der Waals surface area contributed by atoms with Gasteiger partial charge in [0.1, 0.15) is 25.2 Å². The number of benzene rings is 2. The van der Waals surface area contributed by atoms with Gasteiger partial charge in [0.25, 0.3) is 0 Å². The Hall–Kier alpha value is -2.70. The highest BCUT2D eigenvalue weighted by atomic mass is 16.5. The van der Waals surface area contributed by atoms with Gasteiger partial charge in [-0.3, -0.25) is 4.79 Å². The van der Waals surface area contributed by atoms with Crippen LogP contribution in [0.5, 0.6) is 0 Å². The van der Waals surface area contributed by atoms with Crippen molar-refractivity contribution in [3.8, 4) is 0 Å². The van der Waals surface area contributed by atoms with Crippen LogP contribution in [0, 0.1) is 0 Å². The normalized spacial score (nSPS) is 15.0. The number of carbonyl (C=O) groups is 1. The Labute approximate surface area is 164 Å². The number of quaternary nitrogens is 1. The maximum atomic E-state index is 12.3. The molecule has 1 fully saturated rings. The van der Waals surface area contributed by atoms with Crippen LogP contribution in [0.25, 0.3) is 11.1 Å². The van der Waals surface area contributed by atoms with Gasteiger partial charge in [-0.25, -0.2) is 4.98 Å². The van der Waals surface area contributed by atoms with Crippen LogP contribution in [0.4, 0.5) is 0 Å². The summed E-state index contributed by atoms with van der Waals surface area (Å²) in [5.41, 5.74) is 4.06. The lowest BCUT2D eigenvalue weighted by atomic mass is 10.1. The van der Waals surface area contributed by atoms with Crippen LogP contribution in [0.3, 0.4) is 0 Å². The average molecular weight is 380 g/mol. The summed E-state index contributed by atoms with van der Waals surface area (Å²) in [5, 5.41) is 3.04. The van der Waals surface area contributed by atoms with E-state index >= 15 is 0 Å². The number of aryl methyl sites for hydroxylation is 1.